The number of hydrogen-bond donors (Lipinski definition) is 0. The molecule has 0 spiro atoms. The van der Waals surface area contributed by atoms with Gasteiger partial charge in [-0.15, -0.1) is 0 Å². The highest BCUT2D eigenvalue weighted by Crippen LogP contribution is 2.35. The van der Waals surface area contributed by atoms with Crippen LogP contribution in [-0.2, 0) is 0 Å². The zero-order valence-electron chi connectivity index (χ0n) is 24.0. The fraction of sp³-hybridized carbons (Fsp3) is 0.389. The quantitative estimate of drug-likeness (QED) is 0.152. The van der Waals surface area contributed by atoms with E-state index in [1.54, 1.807) is 0 Å². The van der Waals surface area contributed by atoms with Crippen LogP contribution in [-0.4, -0.2) is 24.8 Å². The number of carbonyl (C=O) groups is 2. The maximum Gasteiger partial charge on any atom is 0.150 e. The Bertz CT molecular complexity index is 1500. The summed E-state index contributed by atoms with van der Waals surface area (Å²) in [7, 11) is 0. The van der Waals surface area contributed by atoms with Crippen LogP contribution in [0.3, 0.4) is 0 Å². The minimum atomic E-state index is 0.315. The van der Waals surface area contributed by atoms with Crippen molar-refractivity contribution >= 4 is 56.7 Å². The van der Waals surface area contributed by atoms with Crippen LogP contribution in [0.4, 0.5) is 0 Å². The first-order chi connectivity index (χ1) is 19.9. The summed E-state index contributed by atoms with van der Waals surface area (Å²) in [5.74, 6) is 3.44. The van der Waals surface area contributed by atoms with E-state index in [-0.39, 0.29) is 0 Å². The summed E-state index contributed by atoms with van der Waals surface area (Å²) in [5, 5.41) is 4.16. The van der Waals surface area contributed by atoms with Crippen molar-refractivity contribution in [2.75, 3.05) is 0 Å². The standard InChI is InChI=1S/C18H19IO2.C18H20O2/c1-12-5-8-15(9-6-12)21-16-10-7-13-3-2-4-14(11-20)17(13)18(16)19;1-13-5-8-16(9-6-13)20-17-10-7-14-3-2-4-15(12-19)18(14)11-17/h2-4,7,10-12,15H,5-6,8-9H2,1H3;2-4,7,10-13,16H,5-6,8-9H2,1H3. The third kappa shape index (κ3) is 7.29. The molecule has 41 heavy (non-hydrogen) atoms. The number of aldehydes is 2. The Kier molecular flexibility index (Phi) is 9.97. The summed E-state index contributed by atoms with van der Waals surface area (Å²) in [6.07, 6.45) is 12.0. The Hall–Kier alpha value is -2.93. The van der Waals surface area contributed by atoms with Crippen molar-refractivity contribution in [3.8, 4) is 11.5 Å². The van der Waals surface area contributed by atoms with Crippen molar-refractivity contribution in [3.63, 3.8) is 0 Å². The van der Waals surface area contributed by atoms with Crippen LogP contribution in [0.15, 0.2) is 66.7 Å². The van der Waals surface area contributed by atoms with E-state index in [1.165, 1.54) is 25.7 Å². The summed E-state index contributed by atoms with van der Waals surface area (Å²) in [6.45, 7) is 4.62. The summed E-state index contributed by atoms with van der Waals surface area (Å²) in [4.78, 5) is 22.4. The van der Waals surface area contributed by atoms with E-state index >= 15 is 0 Å². The van der Waals surface area contributed by atoms with Gasteiger partial charge in [0.2, 0.25) is 0 Å². The number of carbonyl (C=O) groups excluding carboxylic acids is 2. The molecule has 2 aliphatic rings. The monoisotopic (exact) mass is 662 g/mol. The van der Waals surface area contributed by atoms with Crippen molar-refractivity contribution in [1.29, 1.82) is 0 Å². The van der Waals surface area contributed by atoms with Crippen LogP contribution >= 0.6 is 22.6 Å². The van der Waals surface area contributed by atoms with E-state index in [0.717, 1.165) is 97.8 Å². The highest BCUT2D eigenvalue weighted by Gasteiger charge is 2.21. The fourth-order valence-electron chi connectivity index (χ4n) is 6.05. The molecule has 6 rings (SSSR count). The minimum Gasteiger partial charge on any atom is -0.490 e. The summed E-state index contributed by atoms with van der Waals surface area (Å²) >= 11 is 2.30. The molecule has 0 atom stereocenters. The lowest BCUT2D eigenvalue weighted by Gasteiger charge is -2.27. The molecular formula is C36H39IO4. The highest BCUT2D eigenvalue weighted by atomic mass is 127. The molecule has 2 saturated carbocycles. The van der Waals surface area contributed by atoms with Gasteiger partial charge in [-0.05, 0) is 120 Å². The number of fused-ring (bicyclic) bond motifs is 2. The van der Waals surface area contributed by atoms with Gasteiger partial charge < -0.3 is 9.47 Å². The van der Waals surface area contributed by atoms with E-state index < -0.39 is 0 Å². The molecule has 4 nitrogen and oxygen atoms in total. The zero-order valence-corrected chi connectivity index (χ0v) is 26.1. The summed E-state index contributed by atoms with van der Waals surface area (Å²) in [5.41, 5.74) is 1.46. The molecule has 0 amide bonds. The van der Waals surface area contributed by atoms with Crippen molar-refractivity contribution in [2.24, 2.45) is 11.8 Å². The minimum absolute atomic E-state index is 0.315. The van der Waals surface area contributed by atoms with Gasteiger partial charge in [-0.2, -0.15) is 0 Å². The van der Waals surface area contributed by atoms with Gasteiger partial charge >= 0.3 is 0 Å². The highest BCUT2D eigenvalue weighted by molar-refractivity contribution is 14.1. The van der Waals surface area contributed by atoms with Crippen LogP contribution in [0.2, 0.25) is 0 Å². The van der Waals surface area contributed by atoms with Gasteiger partial charge in [0.05, 0.1) is 15.8 Å². The fourth-order valence-corrected chi connectivity index (χ4v) is 6.98. The molecule has 0 saturated heterocycles. The second kappa shape index (κ2) is 13.8. The first-order valence-corrected chi connectivity index (χ1v) is 16.0. The number of benzene rings is 4. The van der Waals surface area contributed by atoms with Gasteiger partial charge in [-0.25, -0.2) is 0 Å². The third-order valence-electron chi connectivity index (χ3n) is 8.64. The van der Waals surface area contributed by atoms with E-state index in [9.17, 15) is 9.59 Å². The smallest absolute Gasteiger partial charge is 0.150 e. The summed E-state index contributed by atoms with van der Waals surface area (Å²) < 4.78 is 13.4. The van der Waals surface area contributed by atoms with Crippen LogP contribution in [0.5, 0.6) is 11.5 Å². The first-order valence-electron chi connectivity index (χ1n) is 14.9. The lowest BCUT2D eigenvalue weighted by atomic mass is 9.89. The topological polar surface area (TPSA) is 52.6 Å². The van der Waals surface area contributed by atoms with Crippen molar-refractivity contribution in [3.05, 3.63) is 81.4 Å². The van der Waals surface area contributed by atoms with Gasteiger partial charge in [-0.3, -0.25) is 9.59 Å². The zero-order chi connectivity index (χ0) is 28.8. The molecule has 214 valence electrons. The first kappa shape index (κ1) is 29.6. The van der Waals surface area contributed by atoms with Gasteiger partial charge in [0.1, 0.15) is 11.5 Å². The SMILES string of the molecule is CC1CCC(Oc2ccc3cccc(C=O)c3c2)CC1.CC1CCC(Oc2ccc3cccc(C=O)c3c2I)CC1. The Balaban J connectivity index is 0.000000165. The second-order valence-corrected chi connectivity index (χ2v) is 12.9. The number of hydrogen-bond acceptors (Lipinski definition) is 4. The largest absolute Gasteiger partial charge is 0.490 e. The van der Waals surface area contributed by atoms with Crippen molar-refractivity contribution in [1.82, 2.24) is 0 Å². The molecular weight excluding hydrogens is 623 g/mol. The molecule has 0 aliphatic heterocycles. The molecule has 0 heterocycles. The molecule has 0 aromatic heterocycles. The number of rotatable bonds is 6. The van der Waals surface area contributed by atoms with E-state index in [1.807, 2.05) is 66.7 Å². The molecule has 5 heteroatoms. The van der Waals surface area contributed by atoms with E-state index in [2.05, 4.69) is 36.4 Å². The Labute approximate surface area is 256 Å². The second-order valence-electron chi connectivity index (χ2n) is 11.8. The van der Waals surface area contributed by atoms with Crippen molar-refractivity contribution in [2.45, 2.75) is 77.4 Å². The molecule has 0 unspecified atom stereocenters. The lowest BCUT2D eigenvalue weighted by molar-refractivity contribution is 0.111. The maximum atomic E-state index is 11.3. The Morgan fingerprint density at radius 3 is 1.85 bits per heavy atom. The molecule has 2 aliphatic carbocycles. The molecule has 0 bridgehead atoms. The Morgan fingerprint density at radius 1 is 0.659 bits per heavy atom. The molecule has 4 aromatic carbocycles. The lowest BCUT2D eigenvalue weighted by Crippen LogP contribution is -2.23. The van der Waals surface area contributed by atoms with E-state index in [0.29, 0.717) is 12.2 Å². The number of halogens is 1. The van der Waals surface area contributed by atoms with Crippen LogP contribution < -0.4 is 9.47 Å². The van der Waals surface area contributed by atoms with Gasteiger partial charge in [-0.1, -0.05) is 62.4 Å². The average molecular weight is 663 g/mol. The predicted octanol–water partition coefficient (Wildman–Crippen LogP) is 9.82. The third-order valence-corrected chi connectivity index (χ3v) is 9.71. The van der Waals surface area contributed by atoms with Crippen LogP contribution in [0, 0.1) is 15.4 Å². The maximum absolute atomic E-state index is 11.3. The van der Waals surface area contributed by atoms with Gasteiger partial charge in [0, 0.05) is 16.5 Å². The molecule has 4 aromatic rings. The summed E-state index contributed by atoms with van der Waals surface area (Å²) in [6, 6.07) is 21.7. The normalized spacial score (nSPS) is 22.4. The van der Waals surface area contributed by atoms with E-state index in [4.69, 9.17) is 9.47 Å². The predicted molar refractivity (Wildman–Crippen MR) is 175 cm³/mol. The van der Waals surface area contributed by atoms with Crippen LogP contribution in [0.25, 0.3) is 21.5 Å². The average Bonchev–Trinajstić information content (AvgIpc) is 3.00. The van der Waals surface area contributed by atoms with Crippen LogP contribution in [0.1, 0.15) is 85.9 Å². The van der Waals surface area contributed by atoms with Gasteiger partial charge in [0.15, 0.2) is 12.6 Å². The number of ether oxygens (including phenoxy) is 2. The molecule has 0 N–H and O–H groups in total. The molecule has 2 fully saturated rings. The van der Waals surface area contributed by atoms with Gasteiger partial charge in [0.25, 0.3) is 0 Å². The molecule has 0 radical (unpaired) electrons. The Morgan fingerprint density at radius 2 is 1.22 bits per heavy atom. The van der Waals surface area contributed by atoms with Crippen molar-refractivity contribution < 1.29 is 19.1 Å².